The molecule has 2 fully saturated rings. The number of carbonyl (C=O) groups excluding carboxylic acids is 1. The predicted octanol–water partition coefficient (Wildman–Crippen LogP) is 4.65. The van der Waals surface area contributed by atoms with Crippen LogP contribution in [-0.2, 0) is 10.7 Å². The zero-order valence-electron chi connectivity index (χ0n) is 20.0. The molecule has 2 aliphatic heterocycles. The number of fused-ring (bicyclic) bond motifs is 4. The van der Waals surface area contributed by atoms with E-state index < -0.39 is 29.7 Å². The van der Waals surface area contributed by atoms with Crippen molar-refractivity contribution < 1.29 is 32.6 Å². The van der Waals surface area contributed by atoms with Crippen LogP contribution in [0.3, 0.4) is 0 Å². The maximum atomic E-state index is 15.3. The Morgan fingerprint density at radius 3 is 2.70 bits per heavy atom. The Hall–Kier alpha value is -2.88. The topological polar surface area (TPSA) is 84.2 Å². The smallest absolute Gasteiger partial charge is 0.380 e. The Kier molecular flexibility index (Phi) is 6.25. The first-order valence-electron chi connectivity index (χ1n) is 12.5. The molecule has 37 heavy (non-hydrogen) atoms. The number of piperidine rings is 1. The SMILES string of the molecule is O=C(NC(CN1CC2CCC1C2)C(O)c1ccc2c(c1)OCCO2)C(F)(F)c1cc2cc(Cl)ccc2o1. The van der Waals surface area contributed by atoms with Gasteiger partial charge in [0.1, 0.15) is 24.9 Å². The number of rotatable bonds is 7. The van der Waals surface area contributed by atoms with Crippen molar-refractivity contribution in [2.24, 2.45) is 5.92 Å². The second-order valence-electron chi connectivity index (χ2n) is 10.1. The Labute approximate surface area is 217 Å². The normalized spacial score (nSPS) is 22.8. The maximum Gasteiger partial charge on any atom is 0.380 e. The van der Waals surface area contributed by atoms with Gasteiger partial charge in [0, 0.05) is 29.5 Å². The number of halogens is 3. The summed E-state index contributed by atoms with van der Waals surface area (Å²) in [7, 11) is 0. The molecule has 2 aromatic carbocycles. The number of nitrogens with zero attached hydrogens (tertiary/aromatic N) is 1. The summed E-state index contributed by atoms with van der Waals surface area (Å²) in [5.74, 6) is -4.69. The van der Waals surface area contributed by atoms with Crippen molar-refractivity contribution in [3.8, 4) is 11.5 Å². The molecule has 0 spiro atoms. The van der Waals surface area contributed by atoms with E-state index in [0.717, 1.165) is 31.9 Å². The largest absolute Gasteiger partial charge is 0.486 e. The summed E-state index contributed by atoms with van der Waals surface area (Å²) in [4.78, 5) is 15.2. The van der Waals surface area contributed by atoms with Crippen LogP contribution in [0.5, 0.6) is 11.5 Å². The lowest BCUT2D eigenvalue weighted by molar-refractivity contribution is -0.151. The summed E-state index contributed by atoms with van der Waals surface area (Å²) >= 11 is 5.96. The molecule has 4 unspecified atom stereocenters. The van der Waals surface area contributed by atoms with Gasteiger partial charge in [-0.05, 0) is 67.1 Å². The molecule has 3 aliphatic rings. The van der Waals surface area contributed by atoms with Crippen LogP contribution < -0.4 is 14.8 Å². The third kappa shape index (κ3) is 4.64. The first-order valence-corrected chi connectivity index (χ1v) is 12.9. The Morgan fingerprint density at radius 2 is 1.95 bits per heavy atom. The van der Waals surface area contributed by atoms with Crippen LogP contribution in [0.4, 0.5) is 8.78 Å². The zero-order valence-corrected chi connectivity index (χ0v) is 20.7. The van der Waals surface area contributed by atoms with Gasteiger partial charge in [0.2, 0.25) is 0 Å². The van der Waals surface area contributed by atoms with E-state index in [1.165, 1.54) is 18.2 Å². The number of hydrogen-bond acceptors (Lipinski definition) is 6. The molecular formula is C27H27ClF2N2O5. The number of hydrogen-bond donors (Lipinski definition) is 2. The number of benzene rings is 2. The monoisotopic (exact) mass is 532 g/mol. The second kappa shape index (κ2) is 9.45. The number of alkyl halides is 2. The Balaban J connectivity index is 1.26. The van der Waals surface area contributed by atoms with E-state index in [-0.39, 0.29) is 12.1 Å². The van der Waals surface area contributed by atoms with Crippen LogP contribution in [-0.4, -0.2) is 54.3 Å². The molecule has 196 valence electrons. The lowest BCUT2D eigenvalue weighted by atomic mass is 9.99. The molecule has 1 aliphatic carbocycles. The van der Waals surface area contributed by atoms with Gasteiger partial charge in [-0.15, -0.1) is 0 Å². The number of amides is 1. The van der Waals surface area contributed by atoms with E-state index in [4.69, 9.17) is 25.5 Å². The van der Waals surface area contributed by atoms with Gasteiger partial charge in [-0.25, -0.2) is 0 Å². The second-order valence-corrected chi connectivity index (χ2v) is 10.5. The molecule has 1 saturated carbocycles. The standard InChI is InChI=1S/C27H27ClF2N2O5/c28-18-3-6-21-17(10-18)12-24(37-21)27(29,30)26(34)31-20(14-32-13-15-1-4-19(32)9-15)25(33)16-2-5-22-23(11-16)36-8-7-35-22/h2-3,5-6,10-12,15,19-20,25,33H,1,4,7-9,13-14H2,(H,31,34). The zero-order chi connectivity index (χ0) is 25.7. The molecule has 10 heteroatoms. The van der Waals surface area contributed by atoms with Crippen molar-refractivity contribution in [1.82, 2.24) is 10.2 Å². The highest BCUT2D eigenvalue weighted by Crippen LogP contribution is 2.39. The van der Waals surface area contributed by atoms with Crippen molar-refractivity contribution >= 4 is 28.5 Å². The molecule has 0 radical (unpaired) electrons. The summed E-state index contributed by atoms with van der Waals surface area (Å²) in [5, 5.41) is 14.5. The third-order valence-corrected chi connectivity index (χ3v) is 7.87. The summed E-state index contributed by atoms with van der Waals surface area (Å²) in [6.07, 6.45) is 1.99. The van der Waals surface area contributed by atoms with Crippen molar-refractivity contribution in [3.05, 3.63) is 58.8 Å². The van der Waals surface area contributed by atoms with E-state index in [9.17, 15) is 9.90 Å². The molecule has 3 heterocycles. The van der Waals surface area contributed by atoms with Crippen LogP contribution in [0.15, 0.2) is 46.9 Å². The third-order valence-electron chi connectivity index (χ3n) is 7.63. The average molecular weight is 533 g/mol. The molecule has 4 atom stereocenters. The molecule has 2 N–H and O–H groups in total. The highest BCUT2D eigenvalue weighted by Gasteiger charge is 2.47. The molecule has 2 bridgehead atoms. The van der Waals surface area contributed by atoms with Crippen LogP contribution in [0, 0.1) is 5.92 Å². The summed E-state index contributed by atoms with van der Waals surface area (Å²) in [6, 6.07) is 9.94. The van der Waals surface area contributed by atoms with Crippen molar-refractivity contribution in [3.63, 3.8) is 0 Å². The lowest BCUT2D eigenvalue weighted by Gasteiger charge is -2.34. The van der Waals surface area contributed by atoms with Gasteiger partial charge in [-0.2, -0.15) is 8.78 Å². The van der Waals surface area contributed by atoms with Crippen molar-refractivity contribution in [1.29, 1.82) is 0 Å². The molecule has 6 rings (SSSR count). The van der Waals surface area contributed by atoms with Gasteiger partial charge < -0.3 is 24.3 Å². The first kappa shape index (κ1) is 24.5. The number of carbonyl (C=O) groups is 1. The number of furan rings is 1. The van der Waals surface area contributed by atoms with Gasteiger partial charge in [-0.3, -0.25) is 9.69 Å². The van der Waals surface area contributed by atoms with Gasteiger partial charge in [0.15, 0.2) is 17.3 Å². The fourth-order valence-electron chi connectivity index (χ4n) is 5.74. The number of aliphatic hydroxyl groups excluding tert-OH is 1. The summed E-state index contributed by atoms with van der Waals surface area (Å²) in [6.45, 7) is 1.87. The van der Waals surface area contributed by atoms with Crippen LogP contribution in [0.2, 0.25) is 5.02 Å². The number of likely N-dealkylation sites (tertiary alicyclic amines) is 1. The van der Waals surface area contributed by atoms with E-state index in [1.54, 1.807) is 18.2 Å². The lowest BCUT2D eigenvalue weighted by Crippen LogP contribution is -2.52. The van der Waals surface area contributed by atoms with Gasteiger partial charge >= 0.3 is 5.92 Å². The van der Waals surface area contributed by atoms with E-state index in [0.29, 0.717) is 52.6 Å². The highest BCUT2D eigenvalue weighted by molar-refractivity contribution is 6.31. The molecular weight excluding hydrogens is 506 g/mol. The quantitative estimate of drug-likeness (QED) is 0.461. The van der Waals surface area contributed by atoms with E-state index in [2.05, 4.69) is 10.2 Å². The van der Waals surface area contributed by atoms with E-state index in [1.807, 2.05) is 0 Å². The Bertz CT molecular complexity index is 1330. The first-order chi connectivity index (χ1) is 17.8. The van der Waals surface area contributed by atoms with E-state index >= 15 is 8.78 Å². The highest BCUT2D eigenvalue weighted by atomic mass is 35.5. The summed E-state index contributed by atoms with van der Waals surface area (Å²) < 4.78 is 47.1. The minimum atomic E-state index is -3.96. The maximum absolute atomic E-state index is 15.3. The molecule has 1 saturated heterocycles. The van der Waals surface area contributed by atoms with Gasteiger partial charge in [0.05, 0.1) is 6.04 Å². The Morgan fingerprint density at radius 1 is 1.14 bits per heavy atom. The predicted molar refractivity (Wildman–Crippen MR) is 132 cm³/mol. The molecule has 1 aromatic heterocycles. The fourth-order valence-corrected chi connectivity index (χ4v) is 5.92. The van der Waals surface area contributed by atoms with Crippen LogP contribution in [0.25, 0.3) is 11.0 Å². The van der Waals surface area contributed by atoms with Crippen molar-refractivity contribution in [2.75, 3.05) is 26.3 Å². The average Bonchev–Trinajstić information content (AvgIpc) is 3.63. The van der Waals surface area contributed by atoms with Crippen LogP contribution in [0.1, 0.15) is 36.7 Å². The molecule has 7 nitrogen and oxygen atoms in total. The minimum absolute atomic E-state index is 0.202. The fraction of sp³-hybridized carbons (Fsp3) is 0.444. The summed E-state index contributed by atoms with van der Waals surface area (Å²) in [5.41, 5.74) is 0.647. The van der Waals surface area contributed by atoms with Crippen LogP contribution >= 0.6 is 11.6 Å². The van der Waals surface area contributed by atoms with Gasteiger partial charge in [-0.1, -0.05) is 17.7 Å². The number of nitrogens with one attached hydrogen (secondary N) is 1. The van der Waals surface area contributed by atoms with Crippen molar-refractivity contribution in [2.45, 2.75) is 43.4 Å². The minimum Gasteiger partial charge on any atom is -0.486 e. The number of aliphatic hydroxyl groups is 1. The number of ether oxygens (including phenoxy) is 2. The molecule has 3 aromatic rings. The molecule has 1 amide bonds. The van der Waals surface area contributed by atoms with Gasteiger partial charge in [0.25, 0.3) is 5.91 Å².